The Hall–Kier alpha value is -1.21. The zero-order valence-electron chi connectivity index (χ0n) is 10.0. The van der Waals surface area contributed by atoms with Crippen molar-refractivity contribution in [3.8, 4) is 0 Å². The molecule has 0 aliphatic carbocycles. The fourth-order valence-corrected chi connectivity index (χ4v) is 1.55. The summed E-state index contributed by atoms with van der Waals surface area (Å²) in [4.78, 5) is 10.3. The first-order valence-corrected chi connectivity index (χ1v) is 6.04. The summed E-state index contributed by atoms with van der Waals surface area (Å²) < 4.78 is 13.4. The lowest BCUT2D eigenvalue weighted by Crippen LogP contribution is -2.27. The van der Waals surface area contributed by atoms with Crippen molar-refractivity contribution in [3.05, 3.63) is 32.5 Å². The first-order chi connectivity index (χ1) is 8.26. The highest BCUT2D eigenvalue weighted by molar-refractivity contribution is 9.10. The highest BCUT2D eigenvalue weighted by Gasteiger charge is 2.21. The highest BCUT2D eigenvalue weighted by atomic mass is 79.9. The molecule has 2 N–H and O–H groups in total. The van der Waals surface area contributed by atoms with Crippen molar-refractivity contribution in [3.63, 3.8) is 0 Å². The summed E-state index contributed by atoms with van der Waals surface area (Å²) in [5.74, 6) is -0.579. The number of hydrogen-bond donors (Lipinski definition) is 2. The van der Waals surface area contributed by atoms with Crippen LogP contribution in [-0.2, 0) is 0 Å². The summed E-state index contributed by atoms with van der Waals surface area (Å²) >= 11 is 2.91. The van der Waals surface area contributed by atoms with Gasteiger partial charge in [-0.25, -0.2) is 4.39 Å². The lowest BCUT2D eigenvalue weighted by molar-refractivity contribution is -0.384. The molecule has 18 heavy (non-hydrogen) atoms. The summed E-state index contributed by atoms with van der Waals surface area (Å²) in [5, 5.41) is 22.7. The van der Waals surface area contributed by atoms with Crippen molar-refractivity contribution < 1.29 is 14.4 Å². The van der Waals surface area contributed by atoms with Crippen LogP contribution in [0.15, 0.2) is 16.6 Å². The van der Waals surface area contributed by atoms with E-state index in [1.54, 1.807) is 13.8 Å². The van der Waals surface area contributed by atoms with Gasteiger partial charge in [0.15, 0.2) is 0 Å². The first kappa shape index (κ1) is 14.8. The Kier molecular flexibility index (Phi) is 4.64. The number of aliphatic hydroxyl groups excluding tert-OH is 1. The summed E-state index contributed by atoms with van der Waals surface area (Å²) in [6.45, 7) is 3.81. The van der Waals surface area contributed by atoms with Gasteiger partial charge >= 0.3 is 0 Å². The second kappa shape index (κ2) is 5.62. The minimum Gasteiger partial charge on any atom is -0.396 e. The molecule has 100 valence electrons. The van der Waals surface area contributed by atoms with Crippen LogP contribution in [-0.4, -0.2) is 23.2 Å². The zero-order chi connectivity index (χ0) is 13.9. The molecule has 5 nitrogen and oxygen atoms in total. The number of nitro groups is 1. The lowest BCUT2D eigenvalue weighted by atomic mass is 9.95. The van der Waals surface area contributed by atoms with Gasteiger partial charge in [-0.1, -0.05) is 13.8 Å². The monoisotopic (exact) mass is 320 g/mol. The number of hydrogen-bond acceptors (Lipinski definition) is 4. The molecule has 0 aromatic heterocycles. The Morgan fingerprint density at radius 1 is 1.56 bits per heavy atom. The van der Waals surface area contributed by atoms with E-state index in [1.165, 1.54) is 0 Å². The van der Waals surface area contributed by atoms with E-state index in [9.17, 15) is 14.5 Å². The number of benzene rings is 1. The van der Waals surface area contributed by atoms with Gasteiger partial charge in [-0.05, 0) is 15.9 Å². The van der Waals surface area contributed by atoms with Crippen molar-refractivity contribution in [2.45, 2.75) is 13.8 Å². The smallest absolute Gasteiger partial charge is 0.293 e. The minimum absolute atomic E-state index is 0.0427. The first-order valence-electron chi connectivity index (χ1n) is 5.25. The highest BCUT2D eigenvalue weighted by Crippen LogP contribution is 2.31. The van der Waals surface area contributed by atoms with E-state index in [4.69, 9.17) is 5.11 Å². The van der Waals surface area contributed by atoms with Crippen molar-refractivity contribution in [1.29, 1.82) is 0 Å². The van der Waals surface area contributed by atoms with E-state index in [-0.39, 0.29) is 22.5 Å². The molecule has 7 heteroatoms. The molecule has 0 unspecified atom stereocenters. The Morgan fingerprint density at radius 2 is 2.17 bits per heavy atom. The number of nitrogens with zero attached hydrogens (tertiary/aromatic N) is 1. The van der Waals surface area contributed by atoms with Gasteiger partial charge in [0.25, 0.3) is 5.69 Å². The average Bonchev–Trinajstić information content (AvgIpc) is 2.30. The summed E-state index contributed by atoms with van der Waals surface area (Å²) in [6, 6.07) is 2.18. The maximum atomic E-state index is 13.4. The molecule has 0 aliphatic rings. The molecule has 1 rings (SSSR count). The maximum Gasteiger partial charge on any atom is 0.293 e. The van der Waals surface area contributed by atoms with E-state index in [2.05, 4.69) is 21.2 Å². The van der Waals surface area contributed by atoms with Gasteiger partial charge in [-0.3, -0.25) is 10.1 Å². The summed E-state index contributed by atoms with van der Waals surface area (Å²) in [5.41, 5.74) is -0.559. The number of nitro benzene ring substituents is 1. The van der Waals surface area contributed by atoms with Crippen molar-refractivity contribution in [2.75, 3.05) is 18.5 Å². The molecule has 0 radical (unpaired) electrons. The number of rotatable bonds is 5. The quantitative estimate of drug-likeness (QED) is 0.646. The van der Waals surface area contributed by atoms with Gasteiger partial charge < -0.3 is 10.4 Å². The molecule has 1 aromatic carbocycles. The van der Waals surface area contributed by atoms with Crippen LogP contribution in [0, 0.1) is 21.3 Å². The van der Waals surface area contributed by atoms with Crippen LogP contribution >= 0.6 is 15.9 Å². The van der Waals surface area contributed by atoms with Gasteiger partial charge in [-0.2, -0.15) is 0 Å². The third-order valence-corrected chi connectivity index (χ3v) is 3.03. The Bertz CT molecular complexity index is 466. The topological polar surface area (TPSA) is 75.4 Å². The second-order valence-corrected chi connectivity index (χ2v) is 5.57. The van der Waals surface area contributed by atoms with Crippen molar-refractivity contribution in [1.82, 2.24) is 0 Å². The van der Waals surface area contributed by atoms with Crippen LogP contribution in [0.3, 0.4) is 0 Å². The second-order valence-electron chi connectivity index (χ2n) is 4.72. The standard InChI is InChI=1S/C11H14BrFN2O3/c1-11(2,6-16)5-14-9-4-8(13)7(12)3-10(9)15(17)18/h3-4,14,16H,5-6H2,1-2H3. The van der Waals surface area contributed by atoms with E-state index < -0.39 is 16.2 Å². The molecular formula is C11H14BrFN2O3. The molecule has 0 bridgehead atoms. The maximum absolute atomic E-state index is 13.4. The molecule has 0 saturated carbocycles. The molecule has 0 spiro atoms. The Morgan fingerprint density at radius 3 is 2.67 bits per heavy atom. The van der Waals surface area contributed by atoms with Gasteiger partial charge in [-0.15, -0.1) is 0 Å². The minimum atomic E-state index is -0.585. The number of nitrogens with one attached hydrogen (secondary N) is 1. The van der Waals surface area contributed by atoms with Crippen LogP contribution < -0.4 is 5.32 Å². The van der Waals surface area contributed by atoms with Gasteiger partial charge in [0.2, 0.25) is 0 Å². The zero-order valence-corrected chi connectivity index (χ0v) is 11.6. The fraction of sp³-hybridized carbons (Fsp3) is 0.455. The van der Waals surface area contributed by atoms with Gasteiger partial charge in [0, 0.05) is 30.7 Å². The molecule has 1 aromatic rings. The van der Waals surface area contributed by atoms with E-state index in [0.717, 1.165) is 12.1 Å². The molecule has 0 fully saturated rings. The van der Waals surface area contributed by atoms with Crippen LogP contribution in [0.2, 0.25) is 0 Å². The van der Waals surface area contributed by atoms with Gasteiger partial charge in [0.1, 0.15) is 11.5 Å². The molecule has 0 saturated heterocycles. The predicted octanol–water partition coefficient (Wildman–Crippen LogP) is 2.93. The molecular weight excluding hydrogens is 307 g/mol. The molecule has 0 heterocycles. The molecule has 0 atom stereocenters. The van der Waals surface area contributed by atoms with E-state index >= 15 is 0 Å². The third-order valence-electron chi connectivity index (χ3n) is 2.42. The normalized spacial score (nSPS) is 11.4. The largest absolute Gasteiger partial charge is 0.396 e. The molecule has 0 aliphatic heterocycles. The number of aliphatic hydroxyl groups is 1. The third kappa shape index (κ3) is 3.64. The summed E-state index contributed by atoms with van der Waals surface area (Å²) in [7, 11) is 0. The number of anilines is 1. The van der Waals surface area contributed by atoms with Crippen molar-refractivity contribution in [2.24, 2.45) is 5.41 Å². The Balaban J connectivity index is 3.01. The average molecular weight is 321 g/mol. The predicted molar refractivity (Wildman–Crippen MR) is 70.1 cm³/mol. The summed E-state index contributed by atoms with van der Waals surface area (Å²) in [6.07, 6.45) is 0. The van der Waals surface area contributed by atoms with Crippen LogP contribution in [0.5, 0.6) is 0 Å². The van der Waals surface area contributed by atoms with Crippen molar-refractivity contribution >= 4 is 27.3 Å². The SMILES string of the molecule is CC(C)(CO)CNc1cc(F)c(Br)cc1[N+](=O)[O-]. The molecule has 0 amide bonds. The Labute approximate surface area is 112 Å². The number of halogens is 2. The van der Waals surface area contributed by atoms with E-state index in [1.807, 2.05) is 0 Å². The lowest BCUT2D eigenvalue weighted by Gasteiger charge is -2.22. The van der Waals surface area contributed by atoms with Crippen LogP contribution in [0.1, 0.15) is 13.8 Å². The van der Waals surface area contributed by atoms with E-state index in [0.29, 0.717) is 6.54 Å². The van der Waals surface area contributed by atoms with Crippen LogP contribution in [0.4, 0.5) is 15.8 Å². The fourth-order valence-electron chi connectivity index (χ4n) is 1.22. The van der Waals surface area contributed by atoms with Crippen LogP contribution in [0.25, 0.3) is 0 Å². The van der Waals surface area contributed by atoms with Gasteiger partial charge in [0.05, 0.1) is 9.40 Å².